The van der Waals surface area contributed by atoms with Crippen molar-refractivity contribution in [2.75, 3.05) is 0 Å². The predicted molar refractivity (Wildman–Crippen MR) is 84.1 cm³/mol. The first-order valence-corrected chi connectivity index (χ1v) is 7.31. The van der Waals surface area contributed by atoms with Gasteiger partial charge in [-0.2, -0.15) is 0 Å². The number of carbonyl (C=O) groups excluding carboxylic acids is 1. The summed E-state index contributed by atoms with van der Waals surface area (Å²) in [5.41, 5.74) is 1.79. The van der Waals surface area contributed by atoms with E-state index in [0.717, 1.165) is 15.6 Å². The van der Waals surface area contributed by atoms with Crippen molar-refractivity contribution in [2.45, 2.75) is 6.42 Å². The molecule has 0 aliphatic rings. The normalized spacial score (nSPS) is 10.5. The number of aromatic nitrogens is 1. The first-order valence-electron chi connectivity index (χ1n) is 6.52. The standard InChI is InChI=1S/C17H12BrNO2/c18-14-9-5-4-8-13(14)17-19-11-16(21-17)15(20)10-12-6-2-1-3-7-12/h1-9,11H,10H2. The molecular formula is C17H12BrNO2. The lowest BCUT2D eigenvalue weighted by atomic mass is 10.1. The molecule has 0 aliphatic heterocycles. The number of Topliss-reactive ketones (excluding diaryl/α,β-unsaturated/α-hetero) is 1. The lowest BCUT2D eigenvalue weighted by molar-refractivity contribution is 0.0967. The molecule has 0 radical (unpaired) electrons. The fraction of sp³-hybridized carbons (Fsp3) is 0.0588. The van der Waals surface area contributed by atoms with Crippen molar-refractivity contribution in [1.29, 1.82) is 0 Å². The molecule has 1 heterocycles. The minimum Gasteiger partial charge on any atom is -0.433 e. The van der Waals surface area contributed by atoms with Crippen molar-refractivity contribution in [3.63, 3.8) is 0 Å². The summed E-state index contributed by atoms with van der Waals surface area (Å²) < 4.78 is 6.48. The average molecular weight is 342 g/mol. The highest BCUT2D eigenvalue weighted by molar-refractivity contribution is 9.10. The van der Waals surface area contributed by atoms with Crippen molar-refractivity contribution < 1.29 is 9.21 Å². The molecule has 0 bridgehead atoms. The van der Waals surface area contributed by atoms with Crippen molar-refractivity contribution in [1.82, 2.24) is 4.98 Å². The molecule has 0 saturated heterocycles. The van der Waals surface area contributed by atoms with Gasteiger partial charge in [0.15, 0.2) is 5.76 Å². The highest BCUT2D eigenvalue weighted by atomic mass is 79.9. The molecular weight excluding hydrogens is 330 g/mol. The van der Waals surface area contributed by atoms with E-state index in [-0.39, 0.29) is 11.5 Å². The third-order valence-corrected chi connectivity index (χ3v) is 3.78. The van der Waals surface area contributed by atoms with Crippen LogP contribution in [0.5, 0.6) is 0 Å². The number of nitrogens with zero attached hydrogens (tertiary/aromatic N) is 1. The van der Waals surface area contributed by atoms with Crippen molar-refractivity contribution in [3.8, 4) is 11.5 Å². The largest absolute Gasteiger partial charge is 0.433 e. The molecule has 0 spiro atoms. The Hall–Kier alpha value is -2.20. The van der Waals surface area contributed by atoms with Gasteiger partial charge in [0, 0.05) is 10.9 Å². The Morgan fingerprint density at radius 1 is 1.05 bits per heavy atom. The Morgan fingerprint density at radius 3 is 2.52 bits per heavy atom. The van der Waals surface area contributed by atoms with E-state index < -0.39 is 0 Å². The molecule has 0 unspecified atom stereocenters. The van der Waals surface area contributed by atoms with Crippen LogP contribution in [-0.4, -0.2) is 10.8 Å². The Bertz CT molecular complexity index is 765. The van der Waals surface area contributed by atoms with E-state index in [0.29, 0.717) is 12.3 Å². The molecule has 0 fully saturated rings. The summed E-state index contributed by atoms with van der Waals surface area (Å²) in [6, 6.07) is 17.2. The molecule has 0 N–H and O–H groups in total. The van der Waals surface area contributed by atoms with Gasteiger partial charge in [-0.3, -0.25) is 4.79 Å². The summed E-state index contributed by atoms with van der Waals surface area (Å²) in [4.78, 5) is 16.4. The fourth-order valence-corrected chi connectivity index (χ4v) is 2.48. The van der Waals surface area contributed by atoms with Crippen LogP contribution in [0.25, 0.3) is 11.5 Å². The van der Waals surface area contributed by atoms with Crippen LogP contribution in [-0.2, 0) is 6.42 Å². The highest BCUT2D eigenvalue weighted by Crippen LogP contribution is 2.27. The van der Waals surface area contributed by atoms with Gasteiger partial charge < -0.3 is 4.42 Å². The van der Waals surface area contributed by atoms with Crippen LogP contribution in [0.3, 0.4) is 0 Å². The number of halogens is 1. The third kappa shape index (κ3) is 3.11. The topological polar surface area (TPSA) is 43.1 Å². The maximum atomic E-state index is 12.2. The van der Waals surface area contributed by atoms with Gasteiger partial charge in [-0.25, -0.2) is 4.98 Å². The van der Waals surface area contributed by atoms with Crippen molar-refractivity contribution in [3.05, 3.63) is 76.6 Å². The number of carbonyl (C=O) groups is 1. The molecule has 21 heavy (non-hydrogen) atoms. The minimum absolute atomic E-state index is 0.0768. The molecule has 0 aliphatic carbocycles. The van der Waals surface area contributed by atoms with E-state index in [2.05, 4.69) is 20.9 Å². The number of rotatable bonds is 4. The summed E-state index contributed by atoms with van der Waals surface area (Å²) >= 11 is 3.45. The number of hydrogen-bond donors (Lipinski definition) is 0. The van der Waals surface area contributed by atoms with Gasteiger partial charge in [0.25, 0.3) is 0 Å². The van der Waals surface area contributed by atoms with Gasteiger partial charge in [-0.15, -0.1) is 0 Å². The van der Waals surface area contributed by atoms with E-state index in [4.69, 9.17) is 4.42 Å². The maximum absolute atomic E-state index is 12.2. The Labute approximate surface area is 130 Å². The SMILES string of the molecule is O=C(Cc1ccccc1)c1cnc(-c2ccccc2Br)o1. The lowest BCUT2D eigenvalue weighted by Gasteiger charge is -1.99. The minimum atomic E-state index is -0.0768. The lowest BCUT2D eigenvalue weighted by Crippen LogP contribution is -2.01. The number of benzene rings is 2. The predicted octanol–water partition coefficient (Wildman–Crippen LogP) is 4.53. The second-order valence-electron chi connectivity index (χ2n) is 4.60. The van der Waals surface area contributed by atoms with Crippen LogP contribution in [0.1, 0.15) is 16.1 Å². The summed E-state index contributed by atoms with van der Waals surface area (Å²) in [5, 5.41) is 0. The van der Waals surface area contributed by atoms with E-state index in [1.54, 1.807) is 0 Å². The second-order valence-corrected chi connectivity index (χ2v) is 5.45. The second kappa shape index (κ2) is 6.06. The van der Waals surface area contributed by atoms with E-state index in [1.807, 2.05) is 54.6 Å². The maximum Gasteiger partial charge on any atom is 0.228 e. The molecule has 1 aromatic heterocycles. The number of oxazole rings is 1. The Morgan fingerprint density at radius 2 is 1.76 bits per heavy atom. The average Bonchev–Trinajstić information content (AvgIpc) is 2.98. The molecule has 2 aromatic carbocycles. The number of hydrogen-bond acceptors (Lipinski definition) is 3. The molecule has 104 valence electrons. The fourth-order valence-electron chi connectivity index (χ4n) is 2.03. The van der Waals surface area contributed by atoms with Crippen LogP contribution in [0.4, 0.5) is 0 Å². The monoisotopic (exact) mass is 341 g/mol. The molecule has 0 saturated carbocycles. The van der Waals surface area contributed by atoms with Gasteiger partial charge in [-0.1, -0.05) is 42.5 Å². The van der Waals surface area contributed by atoms with Crippen LogP contribution in [0.2, 0.25) is 0 Å². The summed E-state index contributed by atoms with van der Waals surface area (Å²) in [6.07, 6.45) is 1.80. The summed E-state index contributed by atoms with van der Waals surface area (Å²) in [5.74, 6) is 0.649. The Kier molecular flexibility index (Phi) is 3.97. The molecule has 3 nitrogen and oxygen atoms in total. The zero-order valence-electron chi connectivity index (χ0n) is 11.1. The Balaban J connectivity index is 1.82. The van der Waals surface area contributed by atoms with Crippen LogP contribution < -0.4 is 0 Å². The molecule has 3 aromatic rings. The van der Waals surface area contributed by atoms with Gasteiger partial charge >= 0.3 is 0 Å². The smallest absolute Gasteiger partial charge is 0.228 e. The van der Waals surface area contributed by atoms with E-state index in [1.165, 1.54) is 6.20 Å². The van der Waals surface area contributed by atoms with Gasteiger partial charge in [0.1, 0.15) is 0 Å². The van der Waals surface area contributed by atoms with Crippen LogP contribution >= 0.6 is 15.9 Å². The first kappa shape index (κ1) is 13.8. The summed E-state index contributed by atoms with van der Waals surface area (Å²) in [6.45, 7) is 0. The molecule has 4 heteroatoms. The summed E-state index contributed by atoms with van der Waals surface area (Å²) in [7, 11) is 0. The molecule has 0 amide bonds. The zero-order chi connectivity index (χ0) is 14.7. The molecule has 0 atom stereocenters. The van der Waals surface area contributed by atoms with Crippen LogP contribution in [0.15, 0.2) is 69.7 Å². The van der Waals surface area contributed by atoms with Crippen LogP contribution in [0, 0.1) is 0 Å². The van der Waals surface area contributed by atoms with Crippen molar-refractivity contribution >= 4 is 21.7 Å². The van der Waals surface area contributed by atoms with Gasteiger partial charge in [0.05, 0.1) is 11.8 Å². The quantitative estimate of drug-likeness (QED) is 0.654. The number of ketones is 1. The van der Waals surface area contributed by atoms with Gasteiger partial charge in [0.2, 0.25) is 11.7 Å². The highest BCUT2D eigenvalue weighted by Gasteiger charge is 2.15. The zero-order valence-corrected chi connectivity index (χ0v) is 12.7. The van der Waals surface area contributed by atoms with E-state index >= 15 is 0 Å². The van der Waals surface area contributed by atoms with E-state index in [9.17, 15) is 4.79 Å². The first-order chi connectivity index (χ1) is 10.2. The molecule has 3 rings (SSSR count). The van der Waals surface area contributed by atoms with Gasteiger partial charge in [-0.05, 0) is 33.6 Å². The van der Waals surface area contributed by atoms with Crippen molar-refractivity contribution in [2.24, 2.45) is 0 Å². The third-order valence-electron chi connectivity index (χ3n) is 3.09.